The van der Waals surface area contributed by atoms with Gasteiger partial charge in [-0.3, -0.25) is 0 Å². The minimum absolute atomic E-state index is 0.978. The maximum Gasteiger partial charge on any atom is 0.124 e. The molecule has 0 aliphatic heterocycles. The van der Waals surface area contributed by atoms with E-state index in [-0.39, 0.29) is 0 Å². The van der Waals surface area contributed by atoms with E-state index >= 15 is 0 Å². The number of thiazole rings is 1. The van der Waals surface area contributed by atoms with Crippen LogP contribution in [0.3, 0.4) is 0 Å². The van der Waals surface area contributed by atoms with E-state index in [2.05, 4.69) is 79.5 Å². The van der Waals surface area contributed by atoms with Gasteiger partial charge in [-0.25, -0.2) is 9.67 Å². The molecule has 0 atom stereocenters. The van der Waals surface area contributed by atoms with Crippen LogP contribution in [0.2, 0.25) is 0 Å². The highest BCUT2D eigenvalue weighted by molar-refractivity contribution is 9.10. The molecular formula is C21H13BrN4S2. The van der Waals surface area contributed by atoms with Gasteiger partial charge in [-0.05, 0) is 35.7 Å². The summed E-state index contributed by atoms with van der Waals surface area (Å²) in [6, 6.07) is 20.6. The zero-order chi connectivity index (χ0) is 18.9. The van der Waals surface area contributed by atoms with E-state index in [9.17, 15) is 0 Å². The van der Waals surface area contributed by atoms with E-state index < -0.39 is 0 Å². The topological polar surface area (TPSA) is 43.6 Å². The summed E-state index contributed by atoms with van der Waals surface area (Å²) in [4.78, 5) is 5.95. The fourth-order valence-electron chi connectivity index (χ4n) is 2.92. The molecule has 0 saturated carbocycles. The Morgan fingerprint density at radius 3 is 2.39 bits per heavy atom. The van der Waals surface area contributed by atoms with E-state index in [1.54, 1.807) is 28.9 Å². The van der Waals surface area contributed by atoms with E-state index in [4.69, 9.17) is 4.98 Å². The van der Waals surface area contributed by atoms with Crippen LogP contribution in [0.4, 0.5) is 0 Å². The van der Waals surface area contributed by atoms with Crippen molar-refractivity contribution < 1.29 is 0 Å². The van der Waals surface area contributed by atoms with Gasteiger partial charge in [0.2, 0.25) is 0 Å². The summed E-state index contributed by atoms with van der Waals surface area (Å²) in [6.45, 7) is 0. The second kappa shape index (κ2) is 7.43. The molecule has 5 aromatic rings. The fourth-order valence-corrected chi connectivity index (χ4v) is 4.74. The summed E-state index contributed by atoms with van der Waals surface area (Å²) < 4.78 is 2.93. The number of hydrogen-bond donors (Lipinski definition) is 0. The summed E-state index contributed by atoms with van der Waals surface area (Å²) in [5.74, 6) is 0. The summed E-state index contributed by atoms with van der Waals surface area (Å²) >= 11 is 6.80. The average Bonchev–Trinajstić information content (AvgIpc) is 3.49. The molecule has 0 fully saturated rings. The SMILES string of the molecule is Brc1ccc(-c2nc(-c3ccc(-n4nncc4-c4cccs4)cc3)cs2)cc1. The van der Waals surface area contributed by atoms with Crippen LogP contribution >= 0.6 is 38.6 Å². The Kier molecular flexibility index (Phi) is 4.64. The Morgan fingerprint density at radius 2 is 1.64 bits per heavy atom. The molecule has 3 heterocycles. The fraction of sp³-hybridized carbons (Fsp3) is 0. The molecular weight excluding hydrogens is 452 g/mol. The van der Waals surface area contributed by atoms with Crippen molar-refractivity contribution >= 4 is 38.6 Å². The largest absolute Gasteiger partial charge is 0.236 e. The highest BCUT2D eigenvalue weighted by Crippen LogP contribution is 2.31. The number of benzene rings is 2. The minimum Gasteiger partial charge on any atom is -0.236 e. The third-order valence-corrected chi connectivity index (χ3v) is 6.64. The average molecular weight is 465 g/mol. The summed E-state index contributed by atoms with van der Waals surface area (Å²) in [7, 11) is 0. The Labute approximate surface area is 178 Å². The predicted molar refractivity (Wildman–Crippen MR) is 119 cm³/mol. The molecule has 2 aromatic carbocycles. The first-order valence-corrected chi connectivity index (χ1v) is 11.1. The first-order chi connectivity index (χ1) is 13.8. The molecule has 136 valence electrons. The van der Waals surface area contributed by atoms with Gasteiger partial charge < -0.3 is 0 Å². The molecule has 4 nitrogen and oxygen atoms in total. The van der Waals surface area contributed by atoms with E-state index in [1.807, 2.05) is 22.9 Å². The minimum atomic E-state index is 0.978. The maximum atomic E-state index is 4.80. The molecule has 5 rings (SSSR count). The van der Waals surface area contributed by atoms with E-state index in [1.165, 1.54) is 0 Å². The Bertz CT molecular complexity index is 1210. The molecule has 0 N–H and O–H groups in total. The molecule has 28 heavy (non-hydrogen) atoms. The Hall–Kier alpha value is -2.61. The summed E-state index contributed by atoms with van der Waals surface area (Å²) in [5.41, 5.74) is 5.16. The highest BCUT2D eigenvalue weighted by Gasteiger charge is 2.11. The smallest absolute Gasteiger partial charge is 0.124 e. The van der Waals surface area contributed by atoms with Gasteiger partial charge in [0.05, 0.1) is 22.5 Å². The van der Waals surface area contributed by atoms with Gasteiger partial charge in [-0.2, -0.15) is 0 Å². The number of rotatable bonds is 4. The van der Waals surface area contributed by atoms with Crippen LogP contribution < -0.4 is 0 Å². The van der Waals surface area contributed by atoms with Crippen LogP contribution in [0.15, 0.2) is 82.1 Å². The molecule has 0 radical (unpaired) electrons. The van der Waals surface area contributed by atoms with Gasteiger partial charge in [-0.15, -0.1) is 27.8 Å². The predicted octanol–water partition coefficient (Wildman–Crippen LogP) is 6.55. The Balaban J connectivity index is 1.44. The number of hydrogen-bond acceptors (Lipinski definition) is 5. The van der Waals surface area contributed by atoms with Crippen molar-refractivity contribution in [1.82, 2.24) is 20.0 Å². The van der Waals surface area contributed by atoms with Crippen LogP contribution in [0.1, 0.15) is 0 Å². The lowest BCUT2D eigenvalue weighted by molar-refractivity contribution is 0.809. The van der Waals surface area contributed by atoms with Gasteiger partial charge in [-0.1, -0.05) is 51.5 Å². The van der Waals surface area contributed by atoms with Crippen LogP contribution in [0.25, 0.3) is 38.1 Å². The van der Waals surface area contributed by atoms with Crippen molar-refractivity contribution in [2.45, 2.75) is 0 Å². The van der Waals surface area contributed by atoms with E-state index in [0.29, 0.717) is 0 Å². The lowest BCUT2D eigenvalue weighted by Crippen LogP contribution is -1.98. The van der Waals surface area contributed by atoms with Crippen molar-refractivity contribution in [3.05, 3.63) is 82.1 Å². The van der Waals surface area contributed by atoms with Gasteiger partial charge in [0.15, 0.2) is 0 Å². The van der Waals surface area contributed by atoms with E-state index in [0.717, 1.165) is 42.6 Å². The van der Waals surface area contributed by atoms with Crippen molar-refractivity contribution in [3.63, 3.8) is 0 Å². The third-order valence-electron chi connectivity index (χ3n) is 4.33. The van der Waals surface area contributed by atoms with Crippen LogP contribution in [-0.4, -0.2) is 20.0 Å². The van der Waals surface area contributed by atoms with Gasteiger partial charge in [0.25, 0.3) is 0 Å². The van der Waals surface area contributed by atoms with Gasteiger partial charge in [0.1, 0.15) is 10.7 Å². The van der Waals surface area contributed by atoms with Crippen LogP contribution in [-0.2, 0) is 0 Å². The number of halogens is 1. The van der Waals surface area contributed by atoms with Crippen LogP contribution in [0, 0.1) is 0 Å². The van der Waals surface area contributed by atoms with Crippen molar-refractivity contribution in [2.75, 3.05) is 0 Å². The quantitative estimate of drug-likeness (QED) is 0.302. The number of thiophene rings is 1. The molecule has 0 amide bonds. The first kappa shape index (κ1) is 17.5. The molecule has 0 aliphatic carbocycles. The third kappa shape index (κ3) is 3.32. The normalized spacial score (nSPS) is 11.0. The molecule has 7 heteroatoms. The molecule has 0 spiro atoms. The summed E-state index contributed by atoms with van der Waals surface area (Å²) in [6.07, 6.45) is 1.80. The van der Waals surface area contributed by atoms with Crippen molar-refractivity contribution in [2.24, 2.45) is 0 Å². The maximum absolute atomic E-state index is 4.80. The number of nitrogens with zero attached hydrogens (tertiary/aromatic N) is 4. The molecule has 0 bridgehead atoms. The zero-order valence-corrected chi connectivity index (χ0v) is 17.7. The highest BCUT2D eigenvalue weighted by atomic mass is 79.9. The van der Waals surface area contributed by atoms with Crippen molar-refractivity contribution in [1.29, 1.82) is 0 Å². The van der Waals surface area contributed by atoms with Crippen LogP contribution in [0.5, 0.6) is 0 Å². The molecule has 0 saturated heterocycles. The molecule has 3 aromatic heterocycles. The monoisotopic (exact) mass is 464 g/mol. The van der Waals surface area contributed by atoms with Gasteiger partial charge in [0, 0.05) is 21.0 Å². The lowest BCUT2D eigenvalue weighted by atomic mass is 10.1. The molecule has 0 aliphatic rings. The van der Waals surface area contributed by atoms with Gasteiger partial charge >= 0.3 is 0 Å². The second-order valence-electron chi connectivity index (χ2n) is 6.10. The first-order valence-electron chi connectivity index (χ1n) is 8.55. The standard InChI is InChI=1S/C21H13BrN4S2/c22-16-7-3-15(4-8-16)21-24-18(13-28-21)14-5-9-17(10-6-14)26-19(12-23-25-26)20-2-1-11-27-20/h1-13H. The lowest BCUT2D eigenvalue weighted by Gasteiger charge is -2.05. The second-order valence-corrected chi connectivity index (χ2v) is 8.82. The number of aromatic nitrogens is 4. The zero-order valence-electron chi connectivity index (χ0n) is 14.5. The Morgan fingerprint density at radius 1 is 0.857 bits per heavy atom. The van der Waals surface area contributed by atoms with Crippen molar-refractivity contribution in [3.8, 4) is 38.1 Å². The molecule has 0 unspecified atom stereocenters. The summed E-state index contributed by atoms with van der Waals surface area (Å²) in [5, 5.41) is 13.5.